The molecule has 1 aliphatic heterocycles. The molecule has 106 valence electrons. The van der Waals surface area contributed by atoms with Crippen LogP contribution in [0.2, 0.25) is 0 Å². The minimum atomic E-state index is -1.04. The van der Waals surface area contributed by atoms with E-state index < -0.39 is 11.2 Å². The van der Waals surface area contributed by atoms with Gasteiger partial charge < -0.3 is 10.4 Å². The highest BCUT2D eigenvalue weighted by molar-refractivity contribution is 8.15. The Kier molecular flexibility index (Phi) is 4.68. The third kappa shape index (κ3) is 4.15. The molecule has 0 saturated carbocycles. The predicted molar refractivity (Wildman–Crippen MR) is 78.0 cm³/mol. The number of hydrogen-bond acceptors (Lipinski definition) is 6. The highest BCUT2D eigenvalue weighted by Gasteiger charge is 2.32. The van der Waals surface area contributed by atoms with Crippen LogP contribution in [-0.2, 0) is 9.59 Å². The molecule has 1 fully saturated rings. The molecule has 1 amide bonds. The zero-order valence-corrected chi connectivity index (χ0v) is 11.5. The third-order valence-corrected chi connectivity index (χ3v) is 3.58. The van der Waals surface area contributed by atoms with E-state index in [4.69, 9.17) is 10.4 Å². The van der Waals surface area contributed by atoms with Gasteiger partial charge in [0.1, 0.15) is 5.25 Å². The van der Waals surface area contributed by atoms with E-state index in [0.29, 0.717) is 11.1 Å². The van der Waals surface area contributed by atoms with Crippen molar-refractivity contribution < 1.29 is 14.7 Å². The van der Waals surface area contributed by atoms with Crippen molar-refractivity contribution in [3.8, 4) is 6.07 Å². The van der Waals surface area contributed by atoms with Crippen molar-refractivity contribution in [3.63, 3.8) is 0 Å². The Morgan fingerprint density at radius 2 is 2.38 bits per heavy atom. The maximum absolute atomic E-state index is 11.5. The van der Waals surface area contributed by atoms with Gasteiger partial charge in [-0.3, -0.25) is 9.59 Å². The normalized spacial score (nSPS) is 19.7. The number of nitriles is 1. The lowest BCUT2D eigenvalue weighted by atomic mass is 10.1. The molecule has 0 spiro atoms. The molecule has 1 aliphatic rings. The first-order valence-corrected chi connectivity index (χ1v) is 6.77. The van der Waals surface area contributed by atoms with E-state index >= 15 is 0 Å². The number of benzene rings is 1. The molecule has 0 aliphatic carbocycles. The van der Waals surface area contributed by atoms with Crippen LogP contribution in [0.4, 0.5) is 0 Å². The molecule has 0 aromatic heterocycles. The number of carbonyl (C=O) groups is 2. The molecule has 1 aromatic rings. The van der Waals surface area contributed by atoms with Gasteiger partial charge in [-0.25, -0.2) is 0 Å². The number of carboxylic acids is 1. The first-order valence-electron chi connectivity index (χ1n) is 5.89. The number of thioether (sulfide) groups is 1. The van der Waals surface area contributed by atoms with Gasteiger partial charge in [0, 0.05) is 0 Å². The van der Waals surface area contributed by atoms with E-state index in [-0.39, 0.29) is 17.5 Å². The van der Waals surface area contributed by atoms with Crippen molar-refractivity contribution in [2.75, 3.05) is 0 Å². The second-order valence-corrected chi connectivity index (χ2v) is 5.27. The highest BCUT2D eigenvalue weighted by Crippen LogP contribution is 2.22. The molecule has 7 nitrogen and oxygen atoms in total. The van der Waals surface area contributed by atoms with Crippen molar-refractivity contribution >= 4 is 35.0 Å². The van der Waals surface area contributed by atoms with E-state index in [9.17, 15) is 9.59 Å². The third-order valence-electron chi connectivity index (χ3n) is 2.51. The summed E-state index contributed by atoms with van der Waals surface area (Å²) in [5.41, 5.74) is 1.21. The Bertz CT molecular complexity index is 678. The second-order valence-electron chi connectivity index (χ2n) is 4.08. The van der Waals surface area contributed by atoms with Crippen molar-refractivity contribution in [3.05, 3.63) is 35.4 Å². The number of amidine groups is 1. The largest absolute Gasteiger partial charge is 0.481 e. The Labute approximate surface area is 124 Å². The molecule has 2 N–H and O–H groups in total. The van der Waals surface area contributed by atoms with Crippen LogP contribution in [0, 0.1) is 11.3 Å². The Balaban J connectivity index is 2.01. The number of nitrogens with one attached hydrogen (secondary N) is 1. The fraction of sp³-hybridized carbons (Fsp3) is 0.154. The summed E-state index contributed by atoms with van der Waals surface area (Å²) >= 11 is 1.03. The molecule has 1 atom stereocenters. The zero-order valence-electron chi connectivity index (χ0n) is 10.7. The summed E-state index contributed by atoms with van der Waals surface area (Å²) in [6, 6.07) is 8.82. The van der Waals surface area contributed by atoms with E-state index in [1.54, 1.807) is 24.3 Å². The Morgan fingerprint density at radius 1 is 1.57 bits per heavy atom. The average Bonchev–Trinajstić information content (AvgIpc) is 2.78. The molecule has 8 heteroatoms. The monoisotopic (exact) mass is 302 g/mol. The molecule has 21 heavy (non-hydrogen) atoms. The van der Waals surface area contributed by atoms with Crippen LogP contribution in [-0.4, -0.2) is 33.6 Å². The molecular formula is C13H10N4O3S. The fourth-order valence-electron chi connectivity index (χ4n) is 1.58. The van der Waals surface area contributed by atoms with E-state index in [1.807, 2.05) is 6.07 Å². The summed E-state index contributed by atoms with van der Waals surface area (Å²) in [4.78, 5) is 22.1. The molecule has 2 rings (SSSR count). The zero-order chi connectivity index (χ0) is 15.2. The lowest BCUT2D eigenvalue weighted by Crippen LogP contribution is -2.26. The minimum absolute atomic E-state index is 0.260. The SMILES string of the molecule is N#Cc1cccc(C=NN=C2NC(=O)C(CC(=O)O)S2)c1. The molecule has 1 aromatic carbocycles. The van der Waals surface area contributed by atoms with Crippen LogP contribution in [0.1, 0.15) is 17.5 Å². The lowest BCUT2D eigenvalue weighted by Gasteiger charge is -1.97. The Morgan fingerprint density at radius 3 is 3.10 bits per heavy atom. The van der Waals surface area contributed by atoms with Gasteiger partial charge in [0.15, 0.2) is 5.17 Å². The van der Waals surface area contributed by atoms with Gasteiger partial charge >= 0.3 is 5.97 Å². The van der Waals surface area contributed by atoms with Crippen molar-refractivity contribution in [2.45, 2.75) is 11.7 Å². The standard InChI is InChI=1S/C13H10N4O3S/c14-6-8-2-1-3-9(4-8)7-15-17-13-16-12(20)10(21-13)5-11(18)19/h1-4,7,10H,5H2,(H,18,19)(H,16,17,20). The van der Waals surface area contributed by atoms with Crippen LogP contribution in [0.5, 0.6) is 0 Å². The van der Waals surface area contributed by atoms with Gasteiger partial charge in [0.25, 0.3) is 0 Å². The topological polar surface area (TPSA) is 115 Å². The highest BCUT2D eigenvalue weighted by atomic mass is 32.2. The van der Waals surface area contributed by atoms with Crippen LogP contribution >= 0.6 is 11.8 Å². The first-order chi connectivity index (χ1) is 10.1. The fourth-order valence-corrected chi connectivity index (χ4v) is 2.50. The maximum Gasteiger partial charge on any atom is 0.305 e. The number of amides is 1. The number of carboxylic acid groups (broad SMARTS) is 1. The molecule has 0 bridgehead atoms. The van der Waals surface area contributed by atoms with Crippen LogP contribution in [0.15, 0.2) is 34.5 Å². The van der Waals surface area contributed by atoms with Crippen molar-refractivity contribution in [1.82, 2.24) is 5.32 Å². The maximum atomic E-state index is 11.5. The smallest absolute Gasteiger partial charge is 0.305 e. The quantitative estimate of drug-likeness (QED) is 0.635. The van der Waals surface area contributed by atoms with Gasteiger partial charge in [-0.2, -0.15) is 10.4 Å². The van der Waals surface area contributed by atoms with Gasteiger partial charge in [-0.05, 0) is 17.7 Å². The van der Waals surface area contributed by atoms with Gasteiger partial charge in [0.05, 0.1) is 24.3 Å². The van der Waals surface area contributed by atoms with Crippen molar-refractivity contribution in [2.24, 2.45) is 10.2 Å². The molecule has 0 radical (unpaired) electrons. The summed E-state index contributed by atoms with van der Waals surface area (Å²) in [7, 11) is 0. The predicted octanol–water partition coefficient (Wildman–Crippen LogP) is 0.954. The summed E-state index contributed by atoms with van der Waals surface area (Å²) in [5.74, 6) is -1.43. The lowest BCUT2D eigenvalue weighted by molar-refractivity contribution is -0.138. The summed E-state index contributed by atoms with van der Waals surface area (Å²) < 4.78 is 0. The molecule has 1 unspecified atom stereocenters. The van der Waals surface area contributed by atoms with E-state index in [2.05, 4.69) is 15.5 Å². The average molecular weight is 302 g/mol. The van der Waals surface area contributed by atoms with Crippen molar-refractivity contribution in [1.29, 1.82) is 5.26 Å². The summed E-state index contributed by atoms with van der Waals surface area (Å²) in [6.45, 7) is 0. The summed E-state index contributed by atoms with van der Waals surface area (Å²) in [5, 5.41) is 27.1. The second kappa shape index (κ2) is 6.67. The first kappa shape index (κ1) is 14.7. The molecular weight excluding hydrogens is 292 g/mol. The number of aliphatic carboxylic acids is 1. The Hall–Kier alpha value is -2.66. The number of nitrogens with zero attached hydrogens (tertiary/aromatic N) is 3. The molecule has 1 saturated heterocycles. The van der Waals surface area contributed by atoms with Gasteiger partial charge in [-0.15, -0.1) is 5.10 Å². The van der Waals surface area contributed by atoms with Gasteiger partial charge in [0.2, 0.25) is 5.91 Å². The minimum Gasteiger partial charge on any atom is -0.481 e. The number of carbonyl (C=O) groups excluding carboxylic acids is 1. The van der Waals surface area contributed by atoms with E-state index in [1.165, 1.54) is 6.21 Å². The van der Waals surface area contributed by atoms with Gasteiger partial charge in [-0.1, -0.05) is 23.9 Å². The molecule has 1 heterocycles. The number of hydrogen-bond donors (Lipinski definition) is 2. The van der Waals surface area contributed by atoms with E-state index in [0.717, 1.165) is 11.8 Å². The van der Waals surface area contributed by atoms with Crippen LogP contribution < -0.4 is 5.32 Å². The van der Waals surface area contributed by atoms with Crippen LogP contribution in [0.3, 0.4) is 0 Å². The number of rotatable bonds is 4. The van der Waals surface area contributed by atoms with Crippen LogP contribution in [0.25, 0.3) is 0 Å². The summed E-state index contributed by atoms with van der Waals surface area (Å²) in [6.07, 6.45) is 1.19.